The fourth-order valence-corrected chi connectivity index (χ4v) is 3.63. The van der Waals surface area contributed by atoms with Gasteiger partial charge in [0.25, 0.3) is 5.91 Å². The molecule has 4 aromatic rings. The Bertz CT molecular complexity index is 1250. The van der Waals surface area contributed by atoms with Crippen molar-refractivity contribution in [1.82, 2.24) is 24.8 Å². The number of anilines is 1. The van der Waals surface area contributed by atoms with Crippen LogP contribution < -0.4 is 10.1 Å². The number of nitrogens with one attached hydrogen (secondary N) is 2. The van der Waals surface area contributed by atoms with Gasteiger partial charge < -0.3 is 9.72 Å². The Morgan fingerprint density at radius 2 is 1.74 bits per heavy atom. The summed E-state index contributed by atoms with van der Waals surface area (Å²) in [6, 6.07) is 16.3. The molecule has 1 aliphatic rings. The Labute approximate surface area is 177 Å². The average molecular weight is 413 g/mol. The maximum Gasteiger partial charge on any atom is 0.269 e. The third-order valence-electron chi connectivity index (χ3n) is 5.20. The van der Waals surface area contributed by atoms with Gasteiger partial charge >= 0.3 is 0 Å². The molecule has 0 aliphatic carbocycles. The third kappa shape index (κ3) is 2.98. The number of aromatic nitrogens is 4. The van der Waals surface area contributed by atoms with E-state index in [1.165, 1.54) is 4.90 Å². The number of aliphatic imine (C=N–C) groups is 1. The molecule has 0 saturated heterocycles. The van der Waals surface area contributed by atoms with Crippen LogP contribution in [0.4, 0.5) is 5.95 Å². The number of likely N-dealkylation sites (N-methyl/N-ethyl adjacent to an activating group) is 1. The molecule has 1 amide bonds. The molecule has 0 bridgehead atoms. The zero-order valence-electron chi connectivity index (χ0n) is 16.9. The predicted molar refractivity (Wildman–Crippen MR) is 116 cm³/mol. The Balaban J connectivity index is 1.60. The number of pyridine rings is 2. The molecular weight excluding hydrogens is 394 g/mol. The smallest absolute Gasteiger partial charge is 0.269 e. The van der Waals surface area contributed by atoms with Gasteiger partial charge in [-0.1, -0.05) is 12.1 Å². The van der Waals surface area contributed by atoms with Crippen molar-refractivity contribution in [1.29, 1.82) is 0 Å². The van der Waals surface area contributed by atoms with Crippen LogP contribution in [0.15, 0.2) is 72.0 Å². The van der Waals surface area contributed by atoms with Crippen LogP contribution in [0.5, 0.6) is 5.75 Å². The SMILES string of the molecule is COc1ccc2nc(NC3=NC(c4ccccn4)(c4ccccn4)C(=O)N3C)[nH]c2c1. The summed E-state index contributed by atoms with van der Waals surface area (Å²) in [4.78, 5) is 36.4. The topological polar surface area (TPSA) is 108 Å². The molecule has 0 atom stereocenters. The first-order valence-electron chi connectivity index (χ1n) is 9.63. The monoisotopic (exact) mass is 413 g/mol. The summed E-state index contributed by atoms with van der Waals surface area (Å²) >= 11 is 0. The van der Waals surface area contributed by atoms with E-state index in [0.29, 0.717) is 23.3 Å². The molecule has 3 aromatic heterocycles. The summed E-state index contributed by atoms with van der Waals surface area (Å²) < 4.78 is 5.26. The number of rotatable bonds is 4. The molecule has 0 radical (unpaired) electrons. The minimum Gasteiger partial charge on any atom is -0.497 e. The van der Waals surface area contributed by atoms with Crippen LogP contribution in [-0.2, 0) is 10.3 Å². The first-order chi connectivity index (χ1) is 15.1. The molecule has 1 aliphatic heterocycles. The van der Waals surface area contributed by atoms with Gasteiger partial charge in [-0.15, -0.1) is 0 Å². The molecule has 9 nitrogen and oxygen atoms in total. The molecule has 9 heteroatoms. The second-order valence-electron chi connectivity index (χ2n) is 7.03. The van der Waals surface area contributed by atoms with Gasteiger partial charge in [-0.05, 0) is 36.4 Å². The second-order valence-corrected chi connectivity index (χ2v) is 7.03. The van der Waals surface area contributed by atoms with Crippen molar-refractivity contribution in [2.75, 3.05) is 19.5 Å². The van der Waals surface area contributed by atoms with Crippen LogP contribution in [0.25, 0.3) is 11.0 Å². The lowest BCUT2D eigenvalue weighted by molar-refractivity contribution is -0.129. The summed E-state index contributed by atoms with van der Waals surface area (Å²) in [5.41, 5.74) is 1.18. The van der Waals surface area contributed by atoms with Crippen LogP contribution in [0.2, 0.25) is 0 Å². The number of aromatic amines is 1. The number of carbonyl (C=O) groups is 1. The largest absolute Gasteiger partial charge is 0.497 e. The molecule has 0 spiro atoms. The number of H-pyrrole nitrogens is 1. The van der Waals surface area contributed by atoms with E-state index in [4.69, 9.17) is 9.73 Å². The minimum atomic E-state index is -1.38. The first-order valence-corrected chi connectivity index (χ1v) is 9.63. The molecular formula is C22H19N7O2. The van der Waals surface area contributed by atoms with Crippen molar-refractivity contribution in [3.8, 4) is 5.75 Å². The summed E-state index contributed by atoms with van der Waals surface area (Å²) in [6.07, 6.45) is 3.28. The number of hydrogen-bond acceptors (Lipinski definition) is 7. The number of carbonyl (C=O) groups excluding carboxylic acids is 1. The van der Waals surface area contributed by atoms with Gasteiger partial charge in [0.2, 0.25) is 17.4 Å². The third-order valence-corrected chi connectivity index (χ3v) is 5.20. The number of fused-ring (bicyclic) bond motifs is 1. The highest BCUT2D eigenvalue weighted by Crippen LogP contribution is 2.37. The molecule has 0 fully saturated rings. The van der Waals surface area contributed by atoms with Crippen molar-refractivity contribution in [3.05, 3.63) is 78.4 Å². The number of imidazole rings is 1. The zero-order valence-corrected chi connectivity index (χ0v) is 16.9. The minimum absolute atomic E-state index is 0.259. The molecule has 4 heterocycles. The number of hydrogen-bond donors (Lipinski definition) is 2. The highest BCUT2D eigenvalue weighted by molar-refractivity contribution is 6.13. The van der Waals surface area contributed by atoms with Gasteiger partial charge in [-0.25, -0.2) is 9.98 Å². The van der Waals surface area contributed by atoms with E-state index >= 15 is 0 Å². The van der Waals surface area contributed by atoms with E-state index in [0.717, 1.165) is 16.8 Å². The maximum atomic E-state index is 13.5. The molecule has 31 heavy (non-hydrogen) atoms. The van der Waals surface area contributed by atoms with Crippen LogP contribution in [-0.4, -0.2) is 50.9 Å². The van der Waals surface area contributed by atoms with E-state index < -0.39 is 5.54 Å². The standard InChI is InChI=1S/C22H19N7O2/c1-29-19(30)22(17-7-3-5-11-23-17,18-8-4-6-12-24-18)28-21(29)27-20-25-15-10-9-14(31-2)13-16(15)26-20/h3-13H,1-2H3,(H2,25,26,27,28). The molecule has 2 N–H and O–H groups in total. The lowest BCUT2D eigenvalue weighted by Crippen LogP contribution is -2.41. The number of benzene rings is 1. The predicted octanol–water partition coefficient (Wildman–Crippen LogP) is 2.55. The molecule has 0 unspecified atom stereocenters. The zero-order chi connectivity index (χ0) is 21.4. The lowest BCUT2D eigenvalue weighted by Gasteiger charge is -2.23. The fourth-order valence-electron chi connectivity index (χ4n) is 3.63. The molecule has 5 rings (SSSR count). The van der Waals surface area contributed by atoms with Gasteiger partial charge in [0, 0.05) is 25.5 Å². The Kier molecular flexibility index (Phi) is 4.36. The second kappa shape index (κ2) is 7.21. The summed E-state index contributed by atoms with van der Waals surface area (Å²) in [6.45, 7) is 0. The van der Waals surface area contributed by atoms with E-state index in [-0.39, 0.29) is 5.91 Å². The quantitative estimate of drug-likeness (QED) is 0.532. The number of methoxy groups -OCH3 is 1. The van der Waals surface area contributed by atoms with E-state index in [2.05, 4.69) is 25.3 Å². The lowest BCUT2D eigenvalue weighted by atomic mass is 9.90. The van der Waals surface area contributed by atoms with Gasteiger partial charge in [0.1, 0.15) is 5.75 Å². The summed E-state index contributed by atoms with van der Waals surface area (Å²) in [7, 11) is 3.27. The molecule has 0 saturated carbocycles. The van der Waals surface area contributed by atoms with Crippen molar-refractivity contribution in [3.63, 3.8) is 0 Å². The Hall–Kier alpha value is -4.27. The van der Waals surface area contributed by atoms with Gasteiger partial charge in [0.15, 0.2) is 0 Å². The Morgan fingerprint density at radius 3 is 2.35 bits per heavy atom. The highest BCUT2D eigenvalue weighted by atomic mass is 16.5. The molecule has 154 valence electrons. The van der Waals surface area contributed by atoms with Gasteiger partial charge in [-0.3, -0.25) is 25.0 Å². The van der Waals surface area contributed by atoms with Crippen LogP contribution in [0, 0.1) is 0 Å². The van der Waals surface area contributed by atoms with Crippen molar-refractivity contribution in [2.45, 2.75) is 5.54 Å². The van der Waals surface area contributed by atoms with Crippen LogP contribution in [0.3, 0.4) is 0 Å². The normalized spacial score (nSPS) is 15.2. The van der Waals surface area contributed by atoms with E-state index in [9.17, 15) is 4.79 Å². The van der Waals surface area contributed by atoms with E-state index in [1.54, 1.807) is 50.8 Å². The number of ether oxygens (including phenoxy) is 1. The van der Waals surface area contributed by atoms with Gasteiger partial charge in [0.05, 0.1) is 29.5 Å². The van der Waals surface area contributed by atoms with Crippen LogP contribution in [0.1, 0.15) is 11.4 Å². The highest BCUT2D eigenvalue weighted by Gasteiger charge is 2.52. The summed E-state index contributed by atoms with van der Waals surface area (Å²) in [5.74, 6) is 1.26. The number of nitrogens with zero attached hydrogens (tertiary/aromatic N) is 5. The average Bonchev–Trinajstić information content (AvgIpc) is 3.33. The number of amides is 1. The van der Waals surface area contributed by atoms with Crippen molar-refractivity contribution >= 4 is 28.8 Å². The Morgan fingerprint density at radius 1 is 1.03 bits per heavy atom. The number of guanidine groups is 1. The summed E-state index contributed by atoms with van der Waals surface area (Å²) in [5, 5.41) is 3.13. The van der Waals surface area contributed by atoms with E-state index in [1.807, 2.05) is 30.3 Å². The fraction of sp³-hybridized carbons (Fsp3) is 0.136. The van der Waals surface area contributed by atoms with Crippen molar-refractivity contribution < 1.29 is 9.53 Å². The first kappa shape index (κ1) is 18.7. The van der Waals surface area contributed by atoms with Crippen LogP contribution >= 0.6 is 0 Å². The van der Waals surface area contributed by atoms with Gasteiger partial charge in [-0.2, -0.15) is 0 Å². The van der Waals surface area contributed by atoms with Crippen molar-refractivity contribution in [2.24, 2.45) is 4.99 Å². The maximum absolute atomic E-state index is 13.5. The molecule has 1 aromatic carbocycles.